The van der Waals surface area contributed by atoms with Crippen molar-refractivity contribution in [3.63, 3.8) is 0 Å². The lowest BCUT2D eigenvalue weighted by molar-refractivity contribution is -0.275. The summed E-state index contributed by atoms with van der Waals surface area (Å²) in [6.45, 7) is 0.104. The first kappa shape index (κ1) is 21.1. The van der Waals surface area contributed by atoms with Crippen LogP contribution in [0, 0.1) is 0 Å². The number of ether oxygens (including phenoxy) is 3. The number of hydrogen-bond donors (Lipinski definition) is 0. The number of alkyl halides is 3. The molecular weight excluding hydrogens is 415 g/mol. The maximum absolute atomic E-state index is 13.0. The summed E-state index contributed by atoms with van der Waals surface area (Å²) in [5.41, 5.74) is 0. The van der Waals surface area contributed by atoms with Crippen LogP contribution in [-0.2, 0) is 10.0 Å². The number of methoxy groups -OCH3 is 1. The maximum Gasteiger partial charge on any atom is 0.573 e. The average molecular weight is 433 g/mol. The van der Waals surface area contributed by atoms with Crippen LogP contribution < -0.4 is 14.2 Å². The Bertz CT molecular complexity index is 938. The fraction of sp³-hybridized carbons (Fsp3) is 0.412. The summed E-state index contributed by atoms with van der Waals surface area (Å²) in [5.74, 6) is -0.286. The number of sulfonamides is 1. The second kappa shape index (κ2) is 8.41. The van der Waals surface area contributed by atoms with E-state index < -0.39 is 33.1 Å². The highest BCUT2D eigenvalue weighted by Crippen LogP contribution is 2.32. The van der Waals surface area contributed by atoms with Crippen LogP contribution in [0.25, 0.3) is 0 Å². The molecule has 29 heavy (non-hydrogen) atoms. The van der Waals surface area contributed by atoms with E-state index in [9.17, 15) is 21.6 Å². The molecule has 1 aliphatic rings. The van der Waals surface area contributed by atoms with Crippen LogP contribution in [0.15, 0.2) is 41.3 Å². The number of para-hydroxylation sites is 1. The number of piperidine rings is 1. The van der Waals surface area contributed by atoms with Crippen LogP contribution >= 0.6 is 0 Å². The van der Waals surface area contributed by atoms with Crippen LogP contribution in [0.3, 0.4) is 0 Å². The van der Waals surface area contributed by atoms with Gasteiger partial charge in [0.05, 0.1) is 13.7 Å². The highest BCUT2D eigenvalue weighted by atomic mass is 32.2. The van der Waals surface area contributed by atoms with Gasteiger partial charge in [-0.3, -0.25) is 0 Å². The summed E-state index contributed by atoms with van der Waals surface area (Å²) in [6, 6.07) is 7.72. The summed E-state index contributed by atoms with van der Waals surface area (Å²) in [6.07, 6.45) is -4.51. The third kappa shape index (κ3) is 5.26. The van der Waals surface area contributed by atoms with Crippen molar-refractivity contribution in [3.05, 3.63) is 36.4 Å². The molecule has 1 aromatic heterocycles. The van der Waals surface area contributed by atoms with E-state index in [1.807, 2.05) is 0 Å². The van der Waals surface area contributed by atoms with E-state index in [4.69, 9.17) is 9.47 Å². The number of aromatic nitrogens is 2. The first-order chi connectivity index (χ1) is 13.7. The molecule has 1 saturated heterocycles. The third-order valence-electron chi connectivity index (χ3n) is 4.15. The van der Waals surface area contributed by atoms with Gasteiger partial charge in [-0.25, -0.2) is 8.42 Å². The zero-order valence-electron chi connectivity index (χ0n) is 15.3. The summed E-state index contributed by atoms with van der Waals surface area (Å²) < 4.78 is 79.4. The van der Waals surface area contributed by atoms with Crippen molar-refractivity contribution in [2.45, 2.75) is 30.2 Å². The van der Waals surface area contributed by atoms with Gasteiger partial charge in [0.1, 0.15) is 16.7 Å². The van der Waals surface area contributed by atoms with Gasteiger partial charge < -0.3 is 14.2 Å². The first-order valence-corrected chi connectivity index (χ1v) is 10.0. The van der Waals surface area contributed by atoms with E-state index >= 15 is 0 Å². The molecule has 0 aliphatic carbocycles. The summed E-state index contributed by atoms with van der Waals surface area (Å²) >= 11 is 0. The number of benzene rings is 1. The van der Waals surface area contributed by atoms with Gasteiger partial charge in [0, 0.05) is 18.7 Å². The molecule has 1 fully saturated rings. The Morgan fingerprint density at radius 1 is 1.10 bits per heavy atom. The Morgan fingerprint density at radius 3 is 2.45 bits per heavy atom. The van der Waals surface area contributed by atoms with Gasteiger partial charge in [0.2, 0.25) is 21.8 Å². The largest absolute Gasteiger partial charge is 0.573 e. The molecule has 3 rings (SSSR count). The van der Waals surface area contributed by atoms with Crippen LogP contribution in [-0.4, -0.2) is 55.6 Å². The lowest BCUT2D eigenvalue weighted by Gasteiger charge is -2.32. The monoisotopic (exact) mass is 433 g/mol. The van der Waals surface area contributed by atoms with Crippen molar-refractivity contribution in [1.29, 1.82) is 0 Å². The van der Waals surface area contributed by atoms with Crippen molar-refractivity contribution >= 4 is 10.0 Å². The van der Waals surface area contributed by atoms with Gasteiger partial charge in [-0.05, 0) is 25.0 Å². The Balaban J connectivity index is 1.77. The zero-order chi connectivity index (χ0) is 21.1. The summed E-state index contributed by atoms with van der Waals surface area (Å²) in [4.78, 5) is -0.554. The van der Waals surface area contributed by atoms with E-state index in [-0.39, 0.29) is 19.0 Å². The van der Waals surface area contributed by atoms with Crippen molar-refractivity contribution in [2.24, 2.45) is 0 Å². The standard InChI is InChI=1S/C17H18F3N3O5S/c1-26-15-8-9-16(22-21-15)27-12-5-4-10-23(11-12)29(24,25)14-7-3-2-6-13(14)28-17(18,19)20/h2-3,6-9,12H,4-5,10-11H2,1H3. The topological polar surface area (TPSA) is 90.9 Å². The lowest BCUT2D eigenvalue weighted by Crippen LogP contribution is -2.44. The SMILES string of the molecule is COc1ccc(OC2CCCN(S(=O)(=O)c3ccccc3OC(F)(F)F)C2)nn1. The molecule has 0 amide bonds. The van der Waals surface area contributed by atoms with Crippen LogP contribution in [0.5, 0.6) is 17.5 Å². The Morgan fingerprint density at radius 2 is 1.79 bits per heavy atom. The van der Waals surface area contributed by atoms with Gasteiger partial charge in [-0.1, -0.05) is 12.1 Å². The maximum atomic E-state index is 13.0. The Hall–Kier alpha value is -2.60. The number of halogens is 3. The van der Waals surface area contributed by atoms with E-state index in [0.29, 0.717) is 18.7 Å². The average Bonchev–Trinajstić information content (AvgIpc) is 2.68. The molecule has 1 atom stereocenters. The second-order valence-corrected chi connectivity index (χ2v) is 8.06. The quantitative estimate of drug-likeness (QED) is 0.692. The molecular formula is C17H18F3N3O5S. The minimum atomic E-state index is -5.01. The Labute approximate surface area is 165 Å². The molecule has 2 aromatic rings. The highest BCUT2D eigenvalue weighted by molar-refractivity contribution is 7.89. The van der Waals surface area contributed by atoms with Crippen molar-refractivity contribution in [1.82, 2.24) is 14.5 Å². The predicted octanol–water partition coefficient (Wildman–Crippen LogP) is 2.62. The summed E-state index contributed by atoms with van der Waals surface area (Å²) in [7, 11) is -2.79. The van der Waals surface area contributed by atoms with E-state index in [1.165, 1.54) is 25.3 Å². The molecule has 158 valence electrons. The lowest BCUT2D eigenvalue weighted by atomic mass is 10.1. The molecule has 0 bridgehead atoms. The smallest absolute Gasteiger partial charge is 0.480 e. The van der Waals surface area contributed by atoms with E-state index in [2.05, 4.69) is 14.9 Å². The Kier molecular flexibility index (Phi) is 6.13. The molecule has 2 heterocycles. The molecule has 8 nitrogen and oxygen atoms in total. The van der Waals surface area contributed by atoms with Crippen LogP contribution in [0.2, 0.25) is 0 Å². The number of rotatable bonds is 6. The second-order valence-electron chi connectivity index (χ2n) is 6.15. The van der Waals surface area contributed by atoms with Gasteiger partial charge >= 0.3 is 6.36 Å². The normalized spacial score (nSPS) is 18.3. The fourth-order valence-corrected chi connectivity index (χ4v) is 4.51. The molecule has 1 aromatic carbocycles. The van der Waals surface area contributed by atoms with E-state index in [0.717, 1.165) is 16.4 Å². The first-order valence-electron chi connectivity index (χ1n) is 8.58. The number of nitrogens with zero attached hydrogens (tertiary/aromatic N) is 3. The molecule has 1 aliphatic heterocycles. The molecule has 0 radical (unpaired) electrons. The highest BCUT2D eigenvalue weighted by Gasteiger charge is 2.37. The molecule has 0 spiro atoms. The van der Waals surface area contributed by atoms with Gasteiger partial charge in [-0.2, -0.15) is 4.31 Å². The van der Waals surface area contributed by atoms with Gasteiger partial charge in [0.25, 0.3) is 0 Å². The van der Waals surface area contributed by atoms with Crippen LogP contribution in [0.4, 0.5) is 13.2 Å². The molecule has 0 saturated carbocycles. The number of hydrogen-bond acceptors (Lipinski definition) is 7. The van der Waals surface area contributed by atoms with Gasteiger partial charge in [-0.15, -0.1) is 23.4 Å². The molecule has 12 heteroatoms. The molecule has 1 unspecified atom stereocenters. The zero-order valence-corrected chi connectivity index (χ0v) is 16.1. The van der Waals surface area contributed by atoms with E-state index in [1.54, 1.807) is 6.07 Å². The van der Waals surface area contributed by atoms with Crippen molar-refractivity contribution in [2.75, 3.05) is 20.2 Å². The van der Waals surface area contributed by atoms with Crippen molar-refractivity contribution in [3.8, 4) is 17.5 Å². The van der Waals surface area contributed by atoms with Gasteiger partial charge in [0.15, 0.2) is 0 Å². The molecule has 0 N–H and O–H groups in total. The fourth-order valence-electron chi connectivity index (χ4n) is 2.88. The third-order valence-corrected chi connectivity index (χ3v) is 6.05. The predicted molar refractivity (Wildman–Crippen MR) is 94.1 cm³/mol. The van der Waals surface area contributed by atoms with Crippen LogP contribution in [0.1, 0.15) is 12.8 Å². The minimum Gasteiger partial charge on any atom is -0.480 e. The minimum absolute atomic E-state index is 0.0452. The van der Waals surface area contributed by atoms with Crippen molar-refractivity contribution < 1.29 is 35.8 Å². The summed E-state index contributed by atoms with van der Waals surface area (Å²) in [5, 5.41) is 7.60.